The minimum absolute atomic E-state index is 0.384. The summed E-state index contributed by atoms with van der Waals surface area (Å²) in [6, 6.07) is 9.17. The molecule has 1 aromatic rings. The first-order valence-corrected chi connectivity index (χ1v) is 9.48. The second kappa shape index (κ2) is 6.86. The highest BCUT2D eigenvalue weighted by Crippen LogP contribution is 2.52. The zero-order valence-electron chi connectivity index (χ0n) is 12.9. The minimum Gasteiger partial charge on any atom is -0.490 e. The van der Waals surface area contributed by atoms with Crippen LogP contribution in [0.5, 0.6) is 5.75 Å². The number of hydrogen-bond acceptors (Lipinski definition) is 2. The summed E-state index contributed by atoms with van der Waals surface area (Å²) in [5.41, 5.74) is 0.384. The molecule has 2 nitrogen and oxygen atoms in total. The molecule has 0 heterocycles. The average Bonchev–Trinajstić information content (AvgIpc) is 2.76. The molecule has 2 aliphatic rings. The largest absolute Gasteiger partial charge is 0.490 e. The lowest BCUT2D eigenvalue weighted by Crippen LogP contribution is -2.64. The van der Waals surface area contributed by atoms with E-state index in [9.17, 15) is 0 Å². The van der Waals surface area contributed by atoms with Crippen LogP contribution in [0.3, 0.4) is 0 Å². The van der Waals surface area contributed by atoms with Gasteiger partial charge in [0.05, 0.1) is 0 Å². The Morgan fingerprint density at radius 2 is 1.81 bits per heavy atom. The van der Waals surface area contributed by atoms with Gasteiger partial charge in [0.15, 0.2) is 0 Å². The molecule has 1 N–H and O–H groups in total. The Hall–Kier alpha value is -0.290. The second-order valence-corrected chi connectivity index (χ2v) is 7.80. The van der Waals surface area contributed by atoms with Crippen molar-refractivity contribution in [3.63, 3.8) is 0 Å². The highest BCUT2D eigenvalue weighted by molar-refractivity contribution is 14.1. The molecule has 0 radical (unpaired) electrons. The van der Waals surface area contributed by atoms with Gasteiger partial charge < -0.3 is 10.1 Å². The van der Waals surface area contributed by atoms with E-state index >= 15 is 0 Å². The second-order valence-electron chi connectivity index (χ2n) is 6.55. The molecule has 3 rings (SSSR count). The van der Waals surface area contributed by atoms with Gasteiger partial charge in [0.1, 0.15) is 11.9 Å². The SMILES string of the molecule is CCNC1CC(Oc2ccc(I)cc2)C12CCCCCC2. The Morgan fingerprint density at radius 1 is 1.14 bits per heavy atom. The van der Waals surface area contributed by atoms with Gasteiger partial charge in [0.2, 0.25) is 0 Å². The van der Waals surface area contributed by atoms with E-state index < -0.39 is 0 Å². The van der Waals surface area contributed by atoms with Crippen molar-refractivity contribution in [2.45, 2.75) is 64.0 Å². The summed E-state index contributed by atoms with van der Waals surface area (Å²) in [5.74, 6) is 1.04. The zero-order chi connectivity index (χ0) is 14.7. The van der Waals surface area contributed by atoms with Gasteiger partial charge in [-0.15, -0.1) is 0 Å². The Labute approximate surface area is 142 Å². The van der Waals surface area contributed by atoms with E-state index in [-0.39, 0.29) is 0 Å². The van der Waals surface area contributed by atoms with Crippen molar-refractivity contribution >= 4 is 22.6 Å². The molecule has 2 unspecified atom stereocenters. The predicted octanol–water partition coefficient (Wildman–Crippen LogP) is 4.76. The Balaban J connectivity index is 1.73. The van der Waals surface area contributed by atoms with E-state index in [0.717, 1.165) is 12.3 Å². The quantitative estimate of drug-likeness (QED) is 0.738. The monoisotopic (exact) mass is 399 g/mol. The molecule has 0 aromatic heterocycles. The fourth-order valence-electron chi connectivity index (χ4n) is 4.18. The predicted molar refractivity (Wildman–Crippen MR) is 95.8 cm³/mol. The van der Waals surface area contributed by atoms with Gasteiger partial charge in [-0.05, 0) is 66.2 Å². The van der Waals surface area contributed by atoms with Gasteiger partial charge in [-0.1, -0.05) is 32.6 Å². The minimum atomic E-state index is 0.384. The van der Waals surface area contributed by atoms with Gasteiger partial charge >= 0.3 is 0 Å². The first-order chi connectivity index (χ1) is 10.2. The summed E-state index contributed by atoms with van der Waals surface area (Å²) in [4.78, 5) is 0. The fraction of sp³-hybridized carbons (Fsp3) is 0.667. The molecule has 3 heteroatoms. The van der Waals surface area contributed by atoms with Crippen LogP contribution >= 0.6 is 22.6 Å². The summed E-state index contributed by atoms with van der Waals surface area (Å²) >= 11 is 2.34. The third-order valence-electron chi connectivity index (χ3n) is 5.36. The first-order valence-electron chi connectivity index (χ1n) is 8.40. The summed E-state index contributed by atoms with van der Waals surface area (Å²) in [6.45, 7) is 3.29. The number of hydrogen-bond donors (Lipinski definition) is 1. The molecule has 2 fully saturated rings. The number of ether oxygens (including phenoxy) is 1. The van der Waals surface area contributed by atoms with E-state index in [1.165, 1.54) is 48.5 Å². The van der Waals surface area contributed by atoms with E-state index in [2.05, 4.69) is 59.1 Å². The van der Waals surface area contributed by atoms with Crippen LogP contribution in [-0.2, 0) is 0 Å². The maximum Gasteiger partial charge on any atom is 0.119 e. The van der Waals surface area contributed by atoms with Crippen molar-refractivity contribution in [3.05, 3.63) is 27.8 Å². The first kappa shape index (κ1) is 15.6. The molecule has 21 heavy (non-hydrogen) atoms. The van der Waals surface area contributed by atoms with Gasteiger partial charge in [0, 0.05) is 21.4 Å². The van der Waals surface area contributed by atoms with Gasteiger partial charge in [0.25, 0.3) is 0 Å². The van der Waals surface area contributed by atoms with Crippen molar-refractivity contribution in [1.29, 1.82) is 0 Å². The molecular formula is C18H26INO. The Morgan fingerprint density at radius 3 is 2.43 bits per heavy atom. The van der Waals surface area contributed by atoms with Crippen molar-refractivity contribution in [1.82, 2.24) is 5.32 Å². The summed E-state index contributed by atoms with van der Waals surface area (Å²) < 4.78 is 7.65. The third kappa shape index (κ3) is 3.24. The molecule has 0 amide bonds. The third-order valence-corrected chi connectivity index (χ3v) is 6.08. The molecule has 2 atom stereocenters. The van der Waals surface area contributed by atoms with E-state index in [1.807, 2.05) is 0 Å². The van der Waals surface area contributed by atoms with Crippen molar-refractivity contribution in [3.8, 4) is 5.75 Å². The van der Waals surface area contributed by atoms with Crippen molar-refractivity contribution in [2.75, 3.05) is 6.54 Å². The molecule has 1 aromatic carbocycles. The Kier molecular flexibility index (Phi) is 5.10. The zero-order valence-corrected chi connectivity index (χ0v) is 15.1. The van der Waals surface area contributed by atoms with Gasteiger partial charge in [-0.25, -0.2) is 0 Å². The molecule has 0 aliphatic heterocycles. The van der Waals surface area contributed by atoms with E-state index in [4.69, 9.17) is 4.74 Å². The molecular weight excluding hydrogens is 373 g/mol. The van der Waals surface area contributed by atoms with Crippen LogP contribution < -0.4 is 10.1 Å². The van der Waals surface area contributed by atoms with E-state index in [0.29, 0.717) is 17.6 Å². The number of halogens is 1. The summed E-state index contributed by atoms with van der Waals surface area (Å²) in [5, 5.41) is 3.71. The summed E-state index contributed by atoms with van der Waals surface area (Å²) in [6.07, 6.45) is 9.77. The van der Waals surface area contributed by atoms with Crippen LogP contribution in [0.1, 0.15) is 51.9 Å². The van der Waals surface area contributed by atoms with Crippen LogP contribution in [0.2, 0.25) is 0 Å². The maximum atomic E-state index is 6.39. The lowest BCUT2D eigenvalue weighted by molar-refractivity contribution is -0.0900. The van der Waals surface area contributed by atoms with Crippen LogP contribution in [0.25, 0.3) is 0 Å². The molecule has 2 aliphatic carbocycles. The summed E-state index contributed by atoms with van der Waals surface area (Å²) in [7, 11) is 0. The highest BCUT2D eigenvalue weighted by Gasteiger charge is 2.55. The number of benzene rings is 1. The number of nitrogens with one attached hydrogen (secondary N) is 1. The molecule has 0 saturated heterocycles. The smallest absolute Gasteiger partial charge is 0.119 e. The fourth-order valence-corrected chi connectivity index (χ4v) is 4.54. The maximum absolute atomic E-state index is 6.39. The van der Waals surface area contributed by atoms with Crippen molar-refractivity contribution < 1.29 is 4.74 Å². The van der Waals surface area contributed by atoms with Gasteiger partial charge in [-0.2, -0.15) is 0 Å². The molecule has 1 spiro atoms. The number of rotatable bonds is 4. The molecule has 0 bridgehead atoms. The topological polar surface area (TPSA) is 21.3 Å². The Bertz CT molecular complexity index is 451. The van der Waals surface area contributed by atoms with Crippen LogP contribution in [0.15, 0.2) is 24.3 Å². The van der Waals surface area contributed by atoms with Crippen LogP contribution in [0.4, 0.5) is 0 Å². The molecule has 2 saturated carbocycles. The van der Waals surface area contributed by atoms with Gasteiger partial charge in [-0.3, -0.25) is 0 Å². The average molecular weight is 399 g/mol. The van der Waals surface area contributed by atoms with E-state index in [1.54, 1.807) is 0 Å². The van der Waals surface area contributed by atoms with Crippen LogP contribution in [-0.4, -0.2) is 18.7 Å². The molecule has 116 valence electrons. The normalized spacial score (nSPS) is 27.9. The lowest BCUT2D eigenvalue weighted by atomic mass is 9.57. The highest BCUT2D eigenvalue weighted by atomic mass is 127. The standard InChI is InChI=1S/C18H26INO/c1-2-20-16-13-17(18(16)11-5-3-4-6-12-18)21-15-9-7-14(19)8-10-15/h7-10,16-17,20H,2-6,11-13H2,1H3. The van der Waals surface area contributed by atoms with Crippen molar-refractivity contribution in [2.24, 2.45) is 5.41 Å². The lowest BCUT2D eigenvalue weighted by Gasteiger charge is -2.56. The van der Waals surface area contributed by atoms with Crippen LogP contribution in [0, 0.1) is 8.99 Å².